The van der Waals surface area contributed by atoms with E-state index in [0.717, 1.165) is 10.9 Å². The van der Waals surface area contributed by atoms with Crippen LogP contribution in [-0.4, -0.2) is 51.4 Å². The predicted octanol–water partition coefficient (Wildman–Crippen LogP) is 3.48. The summed E-state index contributed by atoms with van der Waals surface area (Å²) in [5.74, 6) is -1.53. The van der Waals surface area contributed by atoms with Crippen molar-refractivity contribution in [3.8, 4) is 0 Å². The number of nitrogens with one attached hydrogen (secondary N) is 1. The number of benzene rings is 2. The van der Waals surface area contributed by atoms with Crippen LogP contribution in [0, 0.1) is 5.82 Å². The summed E-state index contributed by atoms with van der Waals surface area (Å²) in [5, 5.41) is 13.1. The lowest BCUT2D eigenvalue weighted by Crippen LogP contribution is -2.48. The first-order chi connectivity index (χ1) is 16.3. The van der Waals surface area contributed by atoms with Gasteiger partial charge in [0.25, 0.3) is 0 Å². The molecular weight excluding hydrogens is 461 g/mol. The van der Waals surface area contributed by atoms with Crippen molar-refractivity contribution in [2.75, 3.05) is 13.2 Å². The van der Waals surface area contributed by atoms with Crippen molar-refractivity contribution in [1.82, 2.24) is 14.8 Å². The Bertz CT molecular complexity index is 1260. The number of aromatic nitrogens is 1. The Kier molecular flexibility index (Phi) is 7.00. The fourth-order valence-electron chi connectivity index (χ4n) is 4.51. The molecule has 0 spiro atoms. The number of rotatable bonds is 7. The second kappa shape index (κ2) is 9.95. The summed E-state index contributed by atoms with van der Waals surface area (Å²) in [7, 11) is 0. The Labute approximate surface area is 201 Å². The normalized spacial score (nSPS) is 16.6. The van der Waals surface area contributed by atoms with Crippen LogP contribution < -0.4 is 5.32 Å². The second-order valence-corrected chi connectivity index (χ2v) is 8.78. The summed E-state index contributed by atoms with van der Waals surface area (Å²) in [4.78, 5) is 39.8. The Morgan fingerprint density at radius 2 is 1.97 bits per heavy atom. The smallest absolute Gasteiger partial charge is 0.243 e. The van der Waals surface area contributed by atoms with Crippen LogP contribution in [0.4, 0.5) is 4.39 Å². The van der Waals surface area contributed by atoms with E-state index in [1.165, 1.54) is 30.0 Å². The number of Topliss-reactive ketones (excluding diaryl/α,β-unsaturated/α-hetero) is 1. The predicted molar refractivity (Wildman–Crippen MR) is 126 cm³/mol. The molecule has 7 nitrogen and oxygen atoms in total. The fraction of sp³-hybridized carbons (Fsp3) is 0.320. The number of para-hydroxylation sites is 1. The molecule has 0 unspecified atom stereocenters. The number of carbonyl (C=O) groups is 3. The lowest BCUT2D eigenvalue weighted by Gasteiger charge is -2.26. The van der Waals surface area contributed by atoms with Gasteiger partial charge in [-0.05, 0) is 31.9 Å². The summed E-state index contributed by atoms with van der Waals surface area (Å²) < 4.78 is 16.1. The molecule has 1 aromatic heterocycles. The maximum absolute atomic E-state index is 14.4. The van der Waals surface area contributed by atoms with Gasteiger partial charge in [-0.3, -0.25) is 14.4 Å². The van der Waals surface area contributed by atoms with E-state index in [9.17, 15) is 23.9 Å². The second-order valence-electron chi connectivity index (χ2n) is 8.38. The summed E-state index contributed by atoms with van der Waals surface area (Å²) in [6, 6.07) is 9.99. The van der Waals surface area contributed by atoms with Gasteiger partial charge in [0.2, 0.25) is 11.8 Å². The minimum atomic E-state index is -0.990. The Balaban J connectivity index is 1.51. The van der Waals surface area contributed by atoms with Crippen molar-refractivity contribution in [2.45, 2.75) is 38.4 Å². The van der Waals surface area contributed by atoms with Gasteiger partial charge in [-0.2, -0.15) is 0 Å². The molecular formula is C25H25ClFN3O4. The maximum atomic E-state index is 14.4. The quantitative estimate of drug-likeness (QED) is 0.501. The van der Waals surface area contributed by atoms with E-state index in [-0.39, 0.29) is 28.8 Å². The SMILES string of the molecule is CC(=O)c1cn(CC(=O)N2CCC[C@H]2C(=O)N[C@H](CO)c2cccc(Cl)c2F)c2ccccc12. The molecule has 3 aromatic rings. The van der Waals surface area contributed by atoms with Gasteiger partial charge in [0.05, 0.1) is 17.7 Å². The Morgan fingerprint density at radius 3 is 2.71 bits per heavy atom. The standard InChI is InChI=1S/C25H25ClFN3O4/c1-15(32)18-12-29(21-9-3-2-6-16(18)21)13-23(33)30-11-5-10-22(30)25(34)28-20(14-31)17-7-4-8-19(26)24(17)27/h2-4,6-9,12,20,22,31H,5,10-11,13-14H2,1H3,(H,28,34)/t20-,22+/m1/s1. The van der Waals surface area contributed by atoms with Crippen molar-refractivity contribution in [3.05, 3.63) is 70.6 Å². The number of fused-ring (bicyclic) bond motifs is 1. The number of aliphatic hydroxyl groups excluding tert-OH is 1. The van der Waals surface area contributed by atoms with Crippen LogP contribution in [0.5, 0.6) is 0 Å². The zero-order valence-corrected chi connectivity index (χ0v) is 19.4. The molecule has 2 amide bonds. The third kappa shape index (κ3) is 4.56. The third-order valence-corrected chi connectivity index (χ3v) is 6.50. The van der Waals surface area contributed by atoms with Gasteiger partial charge in [-0.25, -0.2) is 4.39 Å². The number of nitrogens with zero attached hydrogens (tertiary/aromatic N) is 2. The van der Waals surface area contributed by atoms with Crippen LogP contribution in [0.1, 0.15) is 41.7 Å². The van der Waals surface area contributed by atoms with Gasteiger partial charge >= 0.3 is 0 Å². The number of halogens is 2. The zero-order chi connectivity index (χ0) is 24.4. The molecule has 1 saturated heterocycles. The maximum Gasteiger partial charge on any atom is 0.243 e. The first-order valence-corrected chi connectivity index (χ1v) is 11.4. The number of hydrogen-bond acceptors (Lipinski definition) is 4. The number of hydrogen-bond donors (Lipinski definition) is 2. The van der Waals surface area contributed by atoms with E-state index in [4.69, 9.17) is 11.6 Å². The molecule has 2 heterocycles. The molecule has 178 valence electrons. The number of ketones is 1. The van der Waals surface area contributed by atoms with Gasteiger partial charge in [0.15, 0.2) is 5.78 Å². The summed E-state index contributed by atoms with van der Waals surface area (Å²) in [5.41, 5.74) is 1.38. The fourth-order valence-corrected chi connectivity index (χ4v) is 4.69. The van der Waals surface area contributed by atoms with E-state index in [2.05, 4.69) is 5.32 Å². The molecule has 2 aromatic carbocycles. The van der Waals surface area contributed by atoms with Gasteiger partial charge in [-0.15, -0.1) is 0 Å². The lowest BCUT2D eigenvalue weighted by molar-refractivity contribution is -0.139. The highest BCUT2D eigenvalue weighted by atomic mass is 35.5. The molecule has 34 heavy (non-hydrogen) atoms. The number of amides is 2. The number of carbonyl (C=O) groups excluding carboxylic acids is 3. The van der Waals surface area contributed by atoms with Gasteiger partial charge < -0.3 is 19.9 Å². The molecule has 9 heteroatoms. The van der Waals surface area contributed by atoms with Crippen LogP contribution in [-0.2, 0) is 16.1 Å². The minimum absolute atomic E-state index is 0.0239. The van der Waals surface area contributed by atoms with Crippen LogP contribution in [0.2, 0.25) is 5.02 Å². The van der Waals surface area contributed by atoms with Gasteiger partial charge in [0, 0.05) is 34.8 Å². The Hall–Kier alpha value is -3.23. The highest BCUT2D eigenvalue weighted by Crippen LogP contribution is 2.26. The minimum Gasteiger partial charge on any atom is -0.394 e. The molecule has 1 fully saturated rings. The highest BCUT2D eigenvalue weighted by Gasteiger charge is 2.35. The number of likely N-dealkylation sites (tertiary alicyclic amines) is 1. The zero-order valence-electron chi connectivity index (χ0n) is 18.6. The van der Waals surface area contributed by atoms with Crippen molar-refractivity contribution in [2.24, 2.45) is 0 Å². The molecule has 2 N–H and O–H groups in total. The van der Waals surface area contributed by atoms with Crippen molar-refractivity contribution in [1.29, 1.82) is 0 Å². The van der Waals surface area contributed by atoms with E-state index < -0.39 is 30.4 Å². The summed E-state index contributed by atoms with van der Waals surface area (Å²) in [6.45, 7) is 1.34. The highest BCUT2D eigenvalue weighted by molar-refractivity contribution is 6.30. The van der Waals surface area contributed by atoms with E-state index >= 15 is 0 Å². The molecule has 0 bridgehead atoms. The van der Waals surface area contributed by atoms with Crippen molar-refractivity contribution < 1.29 is 23.9 Å². The molecule has 1 aliphatic rings. The molecule has 0 radical (unpaired) electrons. The average Bonchev–Trinajstić information content (AvgIpc) is 3.45. The molecule has 1 aliphatic heterocycles. The molecule has 2 atom stereocenters. The molecule has 4 rings (SSSR count). The third-order valence-electron chi connectivity index (χ3n) is 6.21. The van der Waals surface area contributed by atoms with Crippen LogP contribution in [0.3, 0.4) is 0 Å². The van der Waals surface area contributed by atoms with Crippen molar-refractivity contribution >= 4 is 40.1 Å². The largest absolute Gasteiger partial charge is 0.394 e. The first-order valence-electron chi connectivity index (χ1n) is 11.0. The molecule has 0 aliphatic carbocycles. The van der Waals surface area contributed by atoms with Crippen LogP contribution in [0.15, 0.2) is 48.7 Å². The summed E-state index contributed by atoms with van der Waals surface area (Å²) in [6.07, 6.45) is 2.77. The van der Waals surface area contributed by atoms with Crippen LogP contribution in [0.25, 0.3) is 10.9 Å². The topological polar surface area (TPSA) is 91.6 Å². The number of aliphatic hydroxyl groups is 1. The lowest BCUT2D eigenvalue weighted by atomic mass is 10.1. The Morgan fingerprint density at radius 1 is 1.21 bits per heavy atom. The van der Waals surface area contributed by atoms with Crippen LogP contribution >= 0.6 is 11.6 Å². The van der Waals surface area contributed by atoms with Crippen molar-refractivity contribution in [3.63, 3.8) is 0 Å². The van der Waals surface area contributed by atoms with E-state index in [1.807, 2.05) is 24.3 Å². The summed E-state index contributed by atoms with van der Waals surface area (Å²) >= 11 is 5.84. The molecule has 0 saturated carbocycles. The van der Waals surface area contributed by atoms with E-state index in [0.29, 0.717) is 24.9 Å². The van der Waals surface area contributed by atoms with E-state index in [1.54, 1.807) is 10.8 Å². The monoisotopic (exact) mass is 485 g/mol. The van der Waals surface area contributed by atoms with Gasteiger partial charge in [-0.1, -0.05) is 41.9 Å². The first kappa shape index (κ1) is 23.9. The average molecular weight is 486 g/mol. The van der Waals surface area contributed by atoms with Gasteiger partial charge in [0.1, 0.15) is 18.4 Å².